The Morgan fingerprint density at radius 1 is 1.47 bits per heavy atom. The number of urea groups is 1. The Bertz CT molecular complexity index is 322. The van der Waals surface area contributed by atoms with E-state index in [2.05, 4.69) is 17.2 Å². The minimum atomic E-state index is -0.175. The Labute approximate surface area is 90.2 Å². The van der Waals surface area contributed by atoms with Gasteiger partial charge in [-0.25, -0.2) is 4.79 Å². The van der Waals surface area contributed by atoms with Crippen LogP contribution in [0.4, 0.5) is 4.79 Å². The van der Waals surface area contributed by atoms with Gasteiger partial charge in [-0.3, -0.25) is 0 Å². The molecule has 0 saturated carbocycles. The minimum absolute atomic E-state index is 0.0102. The zero-order chi connectivity index (χ0) is 11.1. The minimum Gasteiger partial charge on any atom is -0.335 e. The first-order valence-corrected chi connectivity index (χ1v) is 4.94. The molecule has 0 heterocycles. The van der Waals surface area contributed by atoms with Crippen LogP contribution in [0.1, 0.15) is 18.5 Å². The van der Waals surface area contributed by atoms with Crippen molar-refractivity contribution in [1.29, 1.82) is 0 Å². The molecule has 2 amide bonds. The molecule has 0 radical (unpaired) electrons. The molecule has 1 atom stereocenters. The van der Waals surface area contributed by atoms with Gasteiger partial charge in [0.15, 0.2) is 0 Å². The number of carbonyl (C=O) groups excluding carboxylic acids is 1. The molecule has 0 fully saturated rings. The van der Waals surface area contributed by atoms with E-state index >= 15 is 0 Å². The first kappa shape index (κ1) is 11.3. The van der Waals surface area contributed by atoms with Gasteiger partial charge in [-0.05, 0) is 12.5 Å². The molecule has 0 spiro atoms. The standard InChI is InChI=1S/C12H16N2O/c1-3-9-13-12(15)14-10(2)11-7-5-4-6-8-11/h3-8,10H,1,9H2,2H3,(H2,13,14,15)/t10-/m0/s1. The van der Waals surface area contributed by atoms with Crippen molar-refractivity contribution in [2.45, 2.75) is 13.0 Å². The highest BCUT2D eigenvalue weighted by atomic mass is 16.2. The summed E-state index contributed by atoms with van der Waals surface area (Å²) in [6, 6.07) is 9.66. The van der Waals surface area contributed by atoms with Crippen molar-refractivity contribution in [1.82, 2.24) is 10.6 Å². The van der Waals surface area contributed by atoms with Crippen LogP contribution in [0.25, 0.3) is 0 Å². The summed E-state index contributed by atoms with van der Waals surface area (Å²) in [4.78, 5) is 11.3. The van der Waals surface area contributed by atoms with Crippen molar-refractivity contribution in [3.05, 3.63) is 48.6 Å². The van der Waals surface area contributed by atoms with Crippen LogP contribution in [0.3, 0.4) is 0 Å². The van der Waals surface area contributed by atoms with Crippen LogP contribution in [0.15, 0.2) is 43.0 Å². The maximum absolute atomic E-state index is 11.3. The van der Waals surface area contributed by atoms with E-state index in [1.807, 2.05) is 37.3 Å². The van der Waals surface area contributed by atoms with Crippen LogP contribution < -0.4 is 10.6 Å². The van der Waals surface area contributed by atoms with Gasteiger partial charge in [0.1, 0.15) is 0 Å². The third-order valence-corrected chi connectivity index (χ3v) is 2.05. The van der Waals surface area contributed by atoms with Crippen LogP contribution in [0.5, 0.6) is 0 Å². The van der Waals surface area contributed by atoms with Crippen LogP contribution in [-0.2, 0) is 0 Å². The number of nitrogens with one attached hydrogen (secondary N) is 2. The van der Waals surface area contributed by atoms with Crippen LogP contribution in [-0.4, -0.2) is 12.6 Å². The van der Waals surface area contributed by atoms with Crippen molar-refractivity contribution in [2.75, 3.05) is 6.54 Å². The van der Waals surface area contributed by atoms with Crippen LogP contribution in [0, 0.1) is 0 Å². The molecule has 3 heteroatoms. The topological polar surface area (TPSA) is 41.1 Å². The zero-order valence-electron chi connectivity index (χ0n) is 8.86. The lowest BCUT2D eigenvalue weighted by atomic mass is 10.1. The Kier molecular flexibility index (Phi) is 4.41. The summed E-state index contributed by atoms with van der Waals surface area (Å²) in [5, 5.41) is 5.50. The molecule has 0 aliphatic rings. The van der Waals surface area contributed by atoms with Crippen molar-refractivity contribution in [2.24, 2.45) is 0 Å². The SMILES string of the molecule is C=CCNC(=O)N[C@@H](C)c1ccccc1. The van der Waals surface area contributed by atoms with Gasteiger partial charge in [0, 0.05) is 6.54 Å². The third-order valence-electron chi connectivity index (χ3n) is 2.05. The second kappa shape index (κ2) is 5.86. The highest BCUT2D eigenvalue weighted by molar-refractivity contribution is 5.74. The largest absolute Gasteiger partial charge is 0.335 e. The Morgan fingerprint density at radius 2 is 2.13 bits per heavy atom. The average molecular weight is 204 g/mol. The lowest BCUT2D eigenvalue weighted by Gasteiger charge is -2.14. The second-order valence-corrected chi connectivity index (χ2v) is 3.28. The van der Waals surface area contributed by atoms with E-state index < -0.39 is 0 Å². The Balaban J connectivity index is 2.45. The Hall–Kier alpha value is -1.77. The molecule has 1 rings (SSSR count). The predicted molar refractivity (Wildman–Crippen MR) is 61.6 cm³/mol. The van der Waals surface area contributed by atoms with Gasteiger partial charge in [-0.1, -0.05) is 36.4 Å². The quantitative estimate of drug-likeness (QED) is 0.725. The van der Waals surface area contributed by atoms with E-state index in [0.29, 0.717) is 6.54 Å². The summed E-state index contributed by atoms with van der Waals surface area (Å²) >= 11 is 0. The summed E-state index contributed by atoms with van der Waals surface area (Å²) in [6.45, 7) is 5.95. The second-order valence-electron chi connectivity index (χ2n) is 3.28. The molecule has 0 aromatic heterocycles. The summed E-state index contributed by atoms with van der Waals surface area (Å²) in [6.07, 6.45) is 1.65. The molecule has 0 aliphatic heterocycles. The normalized spacial score (nSPS) is 11.5. The maximum atomic E-state index is 11.3. The number of amides is 2. The van der Waals surface area contributed by atoms with Crippen LogP contribution in [0.2, 0.25) is 0 Å². The fourth-order valence-electron chi connectivity index (χ4n) is 1.24. The smallest absolute Gasteiger partial charge is 0.315 e. The first-order chi connectivity index (χ1) is 7.24. The number of hydrogen-bond donors (Lipinski definition) is 2. The molecule has 80 valence electrons. The third kappa shape index (κ3) is 3.85. The van der Waals surface area contributed by atoms with E-state index in [1.54, 1.807) is 6.08 Å². The molecule has 1 aromatic rings. The summed E-state index contributed by atoms with van der Waals surface area (Å²) < 4.78 is 0. The molecule has 0 unspecified atom stereocenters. The van der Waals surface area contributed by atoms with E-state index in [0.717, 1.165) is 5.56 Å². The summed E-state index contributed by atoms with van der Waals surface area (Å²) in [7, 11) is 0. The fourth-order valence-corrected chi connectivity index (χ4v) is 1.24. The molecule has 1 aromatic carbocycles. The zero-order valence-corrected chi connectivity index (χ0v) is 8.86. The van der Waals surface area contributed by atoms with Gasteiger partial charge < -0.3 is 10.6 Å². The highest BCUT2D eigenvalue weighted by Crippen LogP contribution is 2.10. The lowest BCUT2D eigenvalue weighted by Crippen LogP contribution is -2.36. The molecule has 0 bridgehead atoms. The van der Waals surface area contributed by atoms with E-state index in [9.17, 15) is 4.79 Å². The predicted octanol–water partition coefficient (Wildman–Crippen LogP) is 2.23. The molecule has 3 nitrogen and oxygen atoms in total. The monoisotopic (exact) mass is 204 g/mol. The lowest BCUT2D eigenvalue weighted by molar-refractivity contribution is 0.239. The van der Waals surface area contributed by atoms with Gasteiger partial charge in [0.25, 0.3) is 0 Å². The summed E-state index contributed by atoms with van der Waals surface area (Å²) in [5.74, 6) is 0. The van der Waals surface area contributed by atoms with Crippen molar-refractivity contribution in [3.8, 4) is 0 Å². The van der Waals surface area contributed by atoms with Crippen LogP contribution >= 0.6 is 0 Å². The van der Waals surface area contributed by atoms with Gasteiger partial charge in [-0.15, -0.1) is 6.58 Å². The Morgan fingerprint density at radius 3 is 2.73 bits per heavy atom. The summed E-state index contributed by atoms with van der Waals surface area (Å²) in [5.41, 5.74) is 1.09. The van der Waals surface area contributed by atoms with Gasteiger partial charge in [-0.2, -0.15) is 0 Å². The average Bonchev–Trinajstić information content (AvgIpc) is 2.27. The number of benzene rings is 1. The van der Waals surface area contributed by atoms with Gasteiger partial charge in [0.2, 0.25) is 0 Å². The van der Waals surface area contributed by atoms with Gasteiger partial charge in [0.05, 0.1) is 6.04 Å². The van der Waals surface area contributed by atoms with Crippen molar-refractivity contribution in [3.63, 3.8) is 0 Å². The molecule has 0 aliphatic carbocycles. The van der Waals surface area contributed by atoms with E-state index in [1.165, 1.54) is 0 Å². The molecule has 0 saturated heterocycles. The fraction of sp³-hybridized carbons (Fsp3) is 0.250. The van der Waals surface area contributed by atoms with Gasteiger partial charge >= 0.3 is 6.03 Å². The van der Waals surface area contributed by atoms with E-state index in [4.69, 9.17) is 0 Å². The van der Waals surface area contributed by atoms with Crippen molar-refractivity contribution >= 4 is 6.03 Å². The number of carbonyl (C=O) groups is 1. The number of hydrogen-bond acceptors (Lipinski definition) is 1. The van der Waals surface area contributed by atoms with Crippen molar-refractivity contribution < 1.29 is 4.79 Å². The number of rotatable bonds is 4. The molecule has 2 N–H and O–H groups in total. The molecular formula is C12H16N2O. The highest BCUT2D eigenvalue weighted by Gasteiger charge is 2.07. The molecule has 15 heavy (non-hydrogen) atoms. The first-order valence-electron chi connectivity index (χ1n) is 4.94. The molecular weight excluding hydrogens is 188 g/mol. The van der Waals surface area contributed by atoms with E-state index in [-0.39, 0.29) is 12.1 Å². The maximum Gasteiger partial charge on any atom is 0.315 e.